The first kappa shape index (κ1) is 20.2. The molecule has 3 aromatic rings. The maximum atomic E-state index is 13.3. The molecule has 2 aromatic carbocycles. The average Bonchev–Trinajstić information content (AvgIpc) is 3.14. The maximum Gasteiger partial charge on any atom is 0.296 e. The normalized spacial score (nSPS) is 15.3. The van der Waals surface area contributed by atoms with E-state index >= 15 is 0 Å². The molecule has 0 radical (unpaired) electrons. The molecule has 8 heteroatoms. The van der Waals surface area contributed by atoms with Crippen molar-refractivity contribution in [3.8, 4) is 11.4 Å². The van der Waals surface area contributed by atoms with E-state index in [1.807, 2.05) is 61.5 Å². The van der Waals surface area contributed by atoms with Gasteiger partial charge < -0.3 is 4.74 Å². The van der Waals surface area contributed by atoms with Crippen molar-refractivity contribution >= 4 is 46.0 Å². The molecule has 30 heavy (non-hydrogen) atoms. The van der Waals surface area contributed by atoms with Gasteiger partial charge in [-0.1, -0.05) is 54.3 Å². The van der Waals surface area contributed by atoms with Crippen molar-refractivity contribution in [1.29, 1.82) is 0 Å². The van der Waals surface area contributed by atoms with Gasteiger partial charge in [-0.2, -0.15) is 0 Å². The predicted molar refractivity (Wildman–Crippen MR) is 124 cm³/mol. The molecule has 6 nitrogen and oxygen atoms in total. The predicted octanol–water partition coefficient (Wildman–Crippen LogP) is 3.90. The molecule has 0 N–H and O–H groups in total. The molecular weight excluding hydrogens is 418 g/mol. The number of ether oxygens (including phenoxy) is 1. The second kappa shape index (κ2) is 7.97. The van der Waals surface area contributed by atoms with Crippen LogP contribution in [-0.4, -0.2) is 26.7 Å². The smallest absolute Gasteiger partial charge is 0.296 e. The van der Waals surface area contributed by atoms with Crippen LogP contribution in [0.25, 0.3) is 11.8 Å². The van der Waals surface area contributed by atoms with Crippen molar-refractivity contribution in [2.75, 3.05) is 12.0 Å². The van der Waals surface area contributed by atoms with Crippen LogP contribution in [-0.2, 0) is 11.8 Å². The third-order valence-corrected chi connectivity index (χ3v) is 6.26. The van der Waals surface area contributed by atoms with Gasteiger partial charge in [-0.15, -0.1) is 0 Å². The van der Waals surface area contributed by atoms with Gasteiger partial charge in [0.1, 0.15) is 11.4 Å². The molecule has 1 aliphatic rings. The van der Waals surface area contributed by atoms with E-state index in [1.165, 1.54) is 21.3 Å². The molecule has 152 valence electrons. The van der Waals surface area contributed by atoms with E-state index in [4.69, 9.17) is 17.0 Å². The van der Waals surface area contributed by atoms with Crippen molar-refractivity contribution in [3.05, 3.63) is 81.1 Å². The van der Waals surface area contributed by atoms with E-state index in [2.05, 4.69) is 0 Å². The lowest BCUT2D eigenvalue weighted by Crippen LogP contribution is -2.33. The minimum atomic E-state index is -0.299. The summed E-state index contributed by atoms with van der Waals surface area (Å²) in [5.41, 5.74) is 2.22. The molecule has 0 saturated carbocycles. The molecule has 0 unspecified atom stereocenters. The summed E-state index contributed by atoms with van der Waals surface area (Å²) in [6.45, 7) is 1.81. The van der Waals surface area contributed by atoms with Crippen molar-refractivity contribution in [1.82, 2.24) is 9.36 Å². The van der Waals surface area contributed by atoms with E-state index in [-0.39, 0.29) is 17.2 Å². The summed E-state index contributed by atoms with van der Waals surface area (Å²) in [6.07, 6.45) is 1.77. The molecular formula is C22H19N3O3S2. The summed E-state index contributed by atoms with van der Waals surface area (Å²) in [6, 6.07) is 16.7. The summed E-state index contributed by atoms with van der Waals surface area (Å²) in [5.74, 6) is 0.438. The summed E-state index contributed by atoms with van der Waals surface area (Å²) in [4.78, 5) is 28.3. The first-order valence-electron chi connectivity index (χ1n) is 9.18. The summed E-state index contributed by atoms with van der Waals surface area (Å²) in [5, 5.41) is 0. The zero-order chi connectivity index (χ0) is 21.4. The first-order chi connectivity index (χ1) is 14.4. The number of aromatic nitrogens is 2. The number of hydrogen-bond acceptors (Lipinski definition) is 5. The molecule has 0 atom stereocenters. The molecule has 1 saturated heterocycles. The second-order valence-corrected chi connectivity index (χ2v) is 8.38. The Morgan fingerprint density at radius 2 is 1.70 bits per heavy atom. The Labute approximate surface area is 183 Å². The number of carbonyl (C=O) groups excluding carboxylic acids is 1. The highest BCUT2D eigenvalue weighted by atomic mass is 32.2. The van der Waals surface area contributed by atoms with Crippen molar-refractivity contribution in [2.45, 2.75) is 6.92 Å². The number of carbonyl (C=O) groups is 1. The summed E-state index contributed by atoms with van der Waals surface area (Å²) >= 11 is 6.66. The van der Waals surface area contributed by atoms with E-state index < -0.39 is 0 Å². The molecule has 2 heterocycles. The number of hydrogen-bond donors (Lipinski definition) is 0. The van der Waals surface area contributed by atoms with Gasteiger partial charge in [0.15, 0.2) is 4.32 Å². The number of para-hydroxylation sites is 1. The summed E-state index contributed by atoms with van der Waals surface area (Å²) in [7, 11) is 3.39. The Hall–Kier alpha value is -3.10. The van der Waals surface area contributed by atoms with Gasteiger partial charge in [-0.25, -0.2) is 4.68 Å². The number of thiocarbonyl (C=S) groups is 1. The highest BCUT2D eigenvalue weighted by Gasteiger charge is 2.37. The van der Waals surface area contributed by atoms with Crippen LogP contribution in [0.1, 0.15) is 11.3 Å². The fourth-order valence-corrected chi connectivity index (χ4v) is 4.59. The van der Waals surface area contributed by atoms with E-state index in [0.29, 0.717) is 14.9 Å². The molecule has 1 amide bonds. The molecule has 1 fully saturated rings. The number of benzene rings is 2. The first-order valence-corrected chi connectivity index (χ1v) is 10.4. The Morgan fingerprint density at radius 1 is 1.03 bits per heavy atom. The van der Waals surface area contributed by atoms with Crippen LogP contribution in [0.4, 0.5) is 5.69 Å². The van der Waals surface area contributed by atoms with Crippen molar-refractivity contribution in [2.24, 2.45) is 7.05 Å². The number of thioether (sulfide) groups is 1. The Balaban J connectivity index is 1.75. The fourth-order valence-electron chi connectivity index (χ4n) is 3.32. The van der Waals surface area contributed by atoms with Gasteiger partial charge in [0.2, 0.25) is 0 Å². The monoisotopic (exact) mass is 437 g/mol. The number of methoxy groups -OCH3 is 1. The lowest BCUT2D eigenvalue weighted by molar-refractivity contribution is -0.113. The third-order valence-electron chi connectivity index (χ3n) is 4.95. The maximum absolute atomic E-state index is 13.3. The number of anilines is 1. The second-order valence-electron chi connectivity index (χ2n) is 6.70. The standard InChI is InChI=1S/C22H19N3O3S2/c1-14-19(21(27)25(23(14)2)16-7-5-4-6-8-16)24-20(26)18(30-22(24)29)13-15-9-11-17(28-3)12-10-15/h4-13H,1-3H3/b18-13+. The van der Waals surface area contributed by atoms with Crippen LogP contribution < -0.4 is 15.2 Å². The molecule has 0 aliphatic carbocycles. The van der Waals surface area contributed by atoms with E-state index in [9.17, 15) is 9.59 Å². The van der Waals surface area contributed by atoms with Gasteiger partial charge in [0.05, 0.1) is 23.4 Å². The zero-order valence-corrected chi connectivity index (χ0v) is 18.3. The quantitative estimate of drug-likeness (QED) is 0.458. The van der Waals surface area contributed by atoms with Crippen molar-refractivity contribution < 1.29 is 9.53 Å². The van der Waals surface area contributed by atoms with Gasteiger partial charge in [-0.3, -0.25) is 19.2 Å². The minimum absolute atomic E-state index is 0.280. The van der Waals surface area contributed by atoms with Crippen LogP contribution in [0.15, 0.2) is 64.3 Å². The van der Waals surface area contributed by atoms with Crippen LogP contribution in [0.3, 0.4) is 0 Å². The Kier molecular flexibility index (Phi) is 5.36. The Bertz CT molecular complexity index is 1230. The zero-order valence-electron chi connectivity index (χ0n) is 16.7. The highest BCUT2D eigenvalue weighted by molar-refractivity contribution is 8.27. The fraction of sp³-hybridized carbons (Fsp3) is 0.136. The lowest BCUT2D eigenvalue weighted by atomic mass is 10.2. The van der Waals surface area contributed by atoms with Gasteiger partial charge in [0.25, 0.3) is 11.5 Å². The number of nitrogens with zero attached hydrogens (tertiary/aromatic N) is 3. The molecule has 1 aliphatic heterocycles. The molecule has 1 aromatic heterocycles. The van der Waals surface area contributed by atoms with E-state index in [1.54, 1.807) is 24.9 Å². The topological polar surface area (TPSA) is 56.5 Å². The Morgan fingerprint density at radius 3 is 2.33 bits per heavy atom. The van der Waals surface area contributed by atoms with Crippen molar-refractivity contribution in [3.63, 3.8) is 0 Å². The van der Waals surface area contributed by atoms with Crippen LogP contribution in [0.2, 0.25) is 0 Å². The van der Waals surface area contributed by atoms with E-state index in [0.717, 1.165) is 17.0 Å². The number of amides is 1. The lowest BCUT2D eigenvalue weighted by Gasteiger charge is -2.12. The van der Waals surface area contributed by atoms with Gasteiger partial charge in [0, 0.05) is 7.05 Å². The minimum Gasteiger partial charge on any atom is -0.497 e. The van der Waals surface area contributed by atoms with Crippen LogP contribution >= 0.6 is 24.0 Å². The van der Waals surface area contributed by atoms with Crippen LogP contribution in [0, 0.1) is 6.92 Å². The van der Waals surface area contributed by atoms with Crippen LogP contribution in [0.5, 0.6) is 5.75 Å². The molecule has 0 spiro atoms. The van der Waals surface area contributed by atoms with Gasteiger partial charge in [-0.05, 0) is 42.8 Å². The summed E-state index contributed by atoms with van der Waals surface area (Å²) < 4.78 is 8.78. The largest absolute Gasteiger partial charge is 0.497 e. The highest BCUT2D eigenvalue weighted by Crippen LogP contribution is 2.36. The molecule has 4 rings (SSSR count). The van der Waals surface area contributed by atoms with Gasteiger partial charge >= 0.3 is 0 Å². The third kappa shape index (κ3) is 3.38. The average molecular weight is 438 g/mol. The SMILES string of the molecule is COc1ccc(/C=C2/SC(=S)N(c3c(C)n(C)n(-c4ccccc4)c3=O)C2=O)cc1. The number of rotatable bonds is 4. The molecule has 0 bridgehead atoms.